The number of hydrogen-bond donors (Lipinski definition) is 2. The third-order valence-electron chi connectivity index (χ3n) is 4.42. The number of rotatable bonds is 4. The molecule has 1 amide bonds. The Hall–Kier alpha value is -3.80. The van der Waals surface area contributed by atoms with Crippen LogP contribution in [0.15, 0.2) is 66.9 Å². The van der Waals surface area contributed by atoms with Gasteiger partial charge in [-0.15, -0.1) is 10.2 Å². The Bertz CT molecular complexity index is 1150. The first-order valence-electron chi connectivity index (χ1n) is 8.93. The first-order valence-corrected chi connectivity index (χ1v) is 8.93. The van der Waals surface area contributed by atoms with Crippen LogP contribution >= 0.6 is 0 Å². The molecule has 2 aromatic heterocycles. The van der Waals surface area contributed by atoms with Crippen LogP contribution < -0.4 is 10.6 Å². The van der Waals surface area contributed by atoms with Gasteiger partial charge in [-0.2, -0.15) is 0 Å². The molecule has 4 aromatic rings. The SMILES string of the molecule is Cc1ccc(NC(=O)c2ccc(Nc3cccc4cccnc34)nn2)c(C)c1. The maximum Gasteiger partial charge on any atom is 0.276 e. The van der Waals surface area contributed by atoms with Crippen molar-refractivity contribution in [3.63, 3.8) is 0 Å². The molecule has 138 valence electrons. The average molecular weight is 369 g/mol. The second kappa shape index (κ2) is 7.44. The number of hydrogen-bond acceptors (Lipinski definition) is 5. The Balaban J connectivity index is 1.51. The van der Waals surface area contributed by atoms with E-state index < -0.39 is 0 Å². The van der Waals surface area contributed by atoms with Gasteiger partial charge in [0.2, 0.25) is 0 Å². The normalized spacial score (nSPS) is 10.6. The molecule has 0 fully saturated rings. The van der Waals surface area contributed by atoms with E-state index in [-0.39, 0.29) is 11.6 Å². The number of nitrogens with one attached hydrogen (secondary N) is 2. The van der Waals surface area contributed by atoms with Crippen molar-refractivity contribution in [1.29, 1.82) is 0 Å². The number of amides is 1. The Kier molecular flexibility index (Phi) is 4.68. The van der Waals surface area contributed by atoms with Gasteiger partial charge in [0.15, 0.2) is 11.5 Å². The van der Waals surface area contributed by atoms with Crippen LogP contribution in [0, 0.1) is 13.8 Å². The summed E-state index contributed by atoms with van der Waals surface area (Å²) in [6.45, 7) is 3.97. The van der Waals surface area contributed by atoms with Crippen molar-refractivity contribution in [2.24, 2.45) is 0 Å². The van der Waals surface area contributed by atoms with Gasteiger partial charge in [0.25, 0.3) is 5.91 Å². The predicted octanol–water partition coefficient (Wildman–Crippen LogP) is 4.64. The number of aryl methyl sites for hydroxylation is 2. The van der Waals surface area contributed by atoms with Crippen molar-refractivity contribution in [3.8, 4) is 0 Å². The van der Waals surface area contributed by atoms with E-state index in [2.05, 4.69) is 25.8 Å². The molecule has 2 heterocycles. The third kappa shape index (κ3) is 3.66. The first kappa shape index (κ1) is 17.6. The minimum atomic E-state index is -0.294. The van der Waals surface area contributed by atoms with Crippen LogP contribution in [0.2, 0.25) is 0 Å². The molecule has 4 rings (SSSR count). The lowest BCUT2D eigenvalue weighted by atomic mass is 10.1. The molecule has 28 heavy (non-hydrogen) atoms. The third-order valence-corrected chi connectivity index (χ3v) is 4.42. The largest absolute Gasteiger partial charge is 0.337 e. The zero-order valence-electron chi connectivity index (χ0n) is 15.6. The second-order valence-electron chi connectivity index (χ2n) is 6.58. The van der Waals surface area contributed by atoms with Crippen molar-refractivity contribution < 1.29 is 4.79 Å². The van der Waals surface area contributed by atoms with Gasteiger partial charge in [-0.1, -0.05) is 35.9 Å². The zero-order chi connectivity index (χ0) is 19.5. The minimum absolute atomic E-state index is 0.251. The maximum atomic E-state index is 12.5. The lowest BCUT2D eigenvalue weighted by Crippen LogP contribution is -2.15. The van der Waals surface area contributed by atoms with Crippen LogP contribution in [0.3, 0.4) is 0 Å². The van der Waals surface area contributed by atoms with Gasteiger partial charge >= 0.3 is 0 Å². The van der Waals surface area contributed by atoms with Gasteiger partial charge < -0.3 is 10.6 Å². The molecule has 0 radical (unpaired) electrons. The topological polar surface area (TPSA) is 79.8 Å². The van der Waals surface area contributed by atoms with E-state index in [0.717, 1.165) is 33.4 Å². The molecule has 0 atom stereocenters. The molecule has 6 heteroatoms. The first-order chi connectivity index (χ1) is 13.6. The highest BCUT2D eigenvalue weighted by Crippen LogP contribution is 2.23. The Morgan fingerprint density at radius 2 is 1.75 bits per heavy atom. The molecule has 6 nitrogen and oxygen atoms in total. The number of pyridine rings is 1. The number of anilines is 3. The molecule has 2 N–H and O–H groups in total. The van der Waals surface area contributed by atoms with Gasteiger partial charge in [-0.05, 0) is 49.7 Å². The second-order valence-corrected chi connectivity index (χ2v) is 6.58. The van der Waals surface area contributed by atoms with E-state index in [1.165, 1.54) is 0 Å². The van der Waals surface area contributed by atoms with Crippen molar-refractivity contribution in [2.45, 2.75) is 13.8 Å². The van der Waals surface area contributed by atoms with Crippen molar-refractivity contribution in [1.82, 2.24) is 15.2 Å². The number of carbonyl (C=O) groups excluding carboxylic acids is 1. The lowest BCUT2D eigenvalue weighted by molar-refractivity contribution is 0.102. The number of carbonyl (C=O) groups is 1. The molecular weight excluding hydrogens is 350 g/mol. The van der Waals surface area contributed by atoms with Crippen LogP contribution in [0.25, 0.3) is 10.9 Å². The predicted molar refractivity (Wildman–Crippen MR) is 111 cm³/mol. The van der Waals surface area contributed by atoms with Gasteiger partial charge in [-0.3, -0.25) is 9.78 Å². The summed E-state index contributed by atoms with van der Waals surface area (Å²) >= 11 is 0. The molecule has 0 aliphatic heterocycles. The zero-order valence-corrected chi connectivity index (χ0v) is 15.6. The molecule has 0 spiro atoms. The number of benzene rings is 2. The van der Waals surface area contributed by atoms with Crippen LogP contribution in [0.1, 0.15) is 21.6 Å². The van der Waals surface area contributed by atoms with Gasteiger partial charge in [0.05, 0.1) is 11.2 Å². The summed E-state index contributed by atoms with van der Waals surface area (Å²) in [5, 5.41) is 15.3. The minimum Gasteiger partial charge on any atom is -0.337 e. The Morgan fingerprint density at radius 3 is 2.54 bits per heavy atom. The highest BCUT2D eigenvalue weighted by atomic mass is 16.1. The van der Waals surface area contributed by atoms with Crippen LogP contribution in [0.5, 0.6) is 0 Å². The summed E-state index contributed by atoms with van der Waals surface area (Å²) in [6.07, 6.45) is 1.75. The highest BCUT2D eigenvalue weighted by Gasteiger charge is 2.11. The van der Waals surface area contributed by atoms with Crippen LogP contribution in [-0.2, 0) is 0 Å². The fraction of sp³-hybridized carbons (Fsp3) is 0.0909. The summed E-state index contributed by atoms with van der Waals surface area (Å²) in [5.74, 6) is 0.249. The smallest absolute Gasteiger partial charge is 0.276 e. The molecule has 0 bridgehead atoms. The molecule has 0 aliphatic rings. The van der Waals surface area contributed by atoms with Crippen LogP contribution in [-0.4, -0.2) is 21.1 Å². The van der Waals surface area contributed by atoms with E-state index in [9.17, 15) is 4.79 Å². The quantitative estimate of drug-likeness (QED) is 0.548. The van der Waals surface area contributed by atoms with Crippen molar-refractivity contribution in [3.05, 3.63) is 83.7 Å². The number of fused-ring (bicyclic) bond motifs is 1. The summed E-state index contributed by atoms with van der Waals surface area (Å²) in [5.41, 5.74) is 4.85. The van der Waals surface area contributed by atoms with E-state index in [0.29, 0.717) is 5.82 Å². The van der Waals surface area contributed by atoms with Crippen molar-refractivity contribution >= 4 is 34.0 Å². The Morgan fingerprint density at radius 1 is 0.893 bits per heavy atom. The molecular formula is C22H19N5O. The Labute approximate surface area is 162 Å². The fourth-order valence-corrected chi connectivity index (χ4v) is 3.00. The fourth-order valence-electron chi connectivity index (χ4n) is 3.00. The monoisotopic (exact) mass is 369 g/mol. The summed E-state index contributed by atoms with van der Waals surface area (Å²) in [4.78, 5) is 16.9. The van der Waals surface area contributed by atoms with Crippen molar-refractivity contribution in [2.75, 3.05) is 10.6 Å². The molecule has 0 saturated carbocycles. The standard InChI is InChI=1S/C22H19N5O/c1-14-8-9-17(15(2)13-14)25-22(28)19-10-11-20(27-26-19)24-18-7-3-5-16-6-4-12-23-21(16)18/h3-13H,1-2H3,(H,24,27)(H,25,28). The van der Waals surface area contributed by atoms with Crippen LogP contribution in [0.4, 0.5) is 17.2 Å². The lowest BCUT2D eigenvalue weighted by Gasteiger charge is -2.10. The average Bonchev–Trinajstić information content (AvgIpc) is 2.71. The summed E-state index contributed by atoms with van der Waals surface area (Å²) in [6, 6.07) is 19.0. The van der Waals surface area contributed by atoms with Gasteiger partial charge in [-0.25, -0.2) is 0 Å². The van der Waals surface area contributed by atoms with E-state index in [4.69, 9.17) is 0 Å². The molecule has 0 unspecified atom stereocenters. The number of para-hydroxylation sites is 1. The molecule has 2 aromatic carbocycles. The number of aromatic nitrogens is 3. The highest BCUT2D eigenvalue weighted by molar-refractivity contribution is 6.03. The van der Waals surface area contributed by atoms with E-state index in [1.54, 1.807) is 18.3 Å². The molecule has 0 saturated heterocycles. The summed E-state index contributed by atoms with van der Waals surface area (Å²) < 4.78 is 0. The van der Waals surface area contributed by atoms with E-state index in [1.807, 2.05) is 62.4 Å². The summed E-state index contributed by atoms with van der Waals surface area (Å²) in [7, 11) is 0. The number of nitrogens with zero attached hydrogens (tertiary/aromatic N) is 3. The van der Waals surface area contributed by atoms with E-state index >= 15 is 0 Å². The van der Waals surface area contributed by atoms with Gasteiger partial charge in [0.1, 0.15) is 0 Å². The maximum absolute atomic E-state index is 12.5. The molecule has 0 aliphatic carbocycles. The van der Waals surface area contributed by atoms with Gasteiger partial charge in [0, 0.05) is 17.3 Å².